The molecule has 0 spiro atoms. The molecule has 0 aromatic heterocycles. The molecule has 1 atom stereocenters. The van der Waals surface area contributed by atoms with Gasteiger partial charge >= 0.3 is 0 Å². The van der Waals surface area contributed by atoms with Gasteiger partial charge in [0.15, 0.2) is 5.50 Å². The minimum atomic E-state index is -0.0521. The fourth-order valence-corrected chi connectivity index (χ4v) is 5.48. The molecular weight excluding hydrogens is 392 g/mol. The maximum absolute atomic E-state index is 12.2. The van der Waals surface area contributed by atoms with Gasteiger partial charge in [0, 0.05) is 35.8 Å². The van der Waals surface area contributed by atoms with E-state index < -0.39 is 0 Å². The van der Waals surface area contributed by atoms with Crippen molar-refractivity contribution < 1.29 is 4.79 Å². The third kappa shape index (κ3) is 3.94. The summed E-state index contributed by atoms with van der Waals surface area (Å²) < 4.78 is 0. The van der Waals surface area contributed by atoms with Crippen molar-refractivity contribution in [2.24, 2.45) is 0 Å². The Morgan fingerprint density at radius 1 is 1.13 bits per heavy atom. The van der Waals surface area contributed by atoms with Gasteiger partial charge in [-0.15, -0.1) is 0 Å². The predicted molar refractivity (Wildman–Crippen MR) is 125 cm³/mol. The van der Waals surface area contributed by atoms with Crippen LogP contribution < -0.4 is 10.2 Å². The quantitative estimate of drug-likeness (QED) is 0.687. The minimum absolute atomic E-state index is 0.0521. The van der Waals surface area contributed by atoms with Crippen LogP contribution >= 0.6 is 11.8 Å². The molecule has 4 rings (SSSR count). The molecule has 0 bridgehead atoms. The van der Waals surface area contributed by atoms with Crippen LogP contribution in [-0.4, -0.2) is 54.4 Å². The Hall–Kier alpha value is -2.44. The van der Waals surface area contributed by atoms with E-state index in [-0.39, 0.29) is 11.4 Å². The lowest BCUT2D eigenvalue weighted by molar-refractivity contribution is 0.0963. The van der Waals surface area contributed by atoms with Crippen molar-refractivity contribution in [3.63, 3.8) is 0 Å². The van der Waals surface area contributed by atoms with E-state index >= 15 is 0 Å². The first kappa shape index (κ1) is 20.8. The molecule has 2 aliphatic rings. The van der Waals surface area contributed by atoms with Gasteiger partial charge in [0.25, 0.3) is 5.91 Å². The third-order valence-electron chi connectivity index (χ3n) is 5.87. The zero-order valence-electron chi connectivity index (χ0n) is 18.0. The molecule has 0 radical (unpaired) electrons. The van der Waals surface area contributed by atoms with Crippen molar-refractivity contribution in [1.29, 1.82) is 0 Å². The Bertz CT molecular complexity index is 940. The van der Waals surface area contributed by atoms with Gasteiger partial charge in [-0.2, -0.15) is 0 Å². The minimum Gasteiger partial charge on any atom is -0.355 e. The molecule has 0 fully saturated rings. The van der Waals surface area contributed by atoms with Crippen LogP contribution in [0.2, 0.25) is 0 Å². The van der Waals surface area contributed by atoms with Gasteiger partial charge in [0.1, 0.15) is 0 Å². The molecule has 0 aliphatic carbocycles. The Kier molecular flexibility index (Phi) is 6.35. The highest BCUT2D eigenvalue weighted by Gasteiger charge is 2.39. The monoisotopic (exact) mass is 422 g/mol. The summed E-state index contributed by atoms with van der Waals surface area (Å²) in [5.41, 5.74) is 4.47. The summed E-state index contributed by atoms with van der Waals surface area (Å²) >= 11 is 1.91. The van der Waals surface area contributed by atoms with Crippen molar-refractivity contribution in [3.05, 3.63) is 65.9 Å². The van der Waals surface area contributed by atoms with Crippen molar-refractivity contribution in [3.8, 4) is 0 Å². The van der Waals surface area contributed by atoms with Gasteiger partial charge in [-0.1, -0.05) is 49.9 Å². The molecule has 1 amide bonds. The van der Waals surface area contributed by atoms with E-state index in [0.717, 1.165) is 38.2 Å². The molecule has 2 aliphatic heterocycles. The number of hydrogen-bond acceptors (Lipinski definition) is 5. The molecule has 158 valence electrons. The second-order valence-electron chi connectivity index (χ2n) is 7.57. The normalized spacial score (nSPS) is 17.2. The van der Waals surface area contributed by atoms with Crippen LogP contribution in [-0.2, 0) is 0 Å². The second-order valence-corrected chi connectivity index (χ2v) is 8.66. The lowest BCUT2D eigenvalue weighted by Gasteiger charge is -2.30. The van der Waals surface area contributed by atoms with E-state index in [4.69, 9.17) is 0 Å². The predicted octanol–water partition coefficient (Wildman–Crippen LogP) is 4.29. The fraction of sp³-hybridized carbons (Fsp3) is 0.375. The summed E-state index contributed by atoms with van der Waals surface area (Å²) in [6.07, 6.45) is 3.36. The lowest BCUT2D eigenvalue weighted by atomic mass is 10.1. The van der Waals surface area contributed by atoms with Crippen LogP contribution in [0.4, 0.5) is 5.69 Å². The van der Waals surface area contributed by atoms with Crippen LogP contribution in [0.15, 0.2) is 59.6 Å². The molecule has 2 aromatic rings. The van der Waals surface area contributed by atoms with E-state index in [0.29, 0.717) is 5.56 Å². The molecule has 0 saturated heterocycles. The van der Waals surface area contributed by atoms with Crippen LogP contribution in [0.25, 0.3) is 5.70 Å². The summed E-state index contributed by atoms with van der Waals surface area (Å²) in [6, 6.07) is 16.5. The van der Waals surface area contributed by atoms with Crippen molar-refractivity contribution in [2.45, 2.75) is 30.7 Å². The van der Waals surface area contributed by atoms with E-state index in [1.165, 1.54) is 16.3 Å². The van der Waals surface area contributed by atoms with Crippen LogP contribution in [0.1, 0.15) is 36.2 Å². The third-order valence-corrected chi connectivity index (χ3v) is 7.16. The van der Waals surface area contributed by atoms with E-state index in [9.17, 15) is 4.79 Å². The topological polar surface area (TPSA) is 38.8 Å². The summed E-state index contributed by atoms with van der Waals surface area (Å²) in [5, 5.41) is 2.73. The van der Waals surface area contributed by atoms with Gasteiger partial charge in [-0.3, -0.25) is 4.79 Å². The molecule has 30 heavy (non-hydrogen) atoms. The van der Waals surface area contributed by atoms with Gasteiger partial charge in [0.2, 0.25) is 0 Å². The number of rotatable bonds is 8. The summed E-state index contributed by atoms with van der Waals surface area (Å²) in [5.74, 6) is -0.0521. The maximum Gasteiger partial charge on any atom is 0.251 e. The smallest absolute Gasteiger partial charge is 0.251 e. The number of thioether (sulfide) groups is 1. The largest absolute Gasteiger partial charge is 0.355 e. The Labute approximate surface area is 183 Å². The number of fused-ring (bicyclic) bond motifs is 3. The number of nitrogens with one attached hydrogen (secondary N) is 1. The first-order chi connectivity index (χ1) is 14.7. The van der Waals surface area contributed by atoms with Gasteiger partial charge in [0.05, 0.1) is 11.4 Å². The highest BCUT2D eigenvalue weighted by Crippen LogP contribution is 2.50. The Morgan fingerprint density at radius 3 is 2.70 bits per heavy atom. The number of carbonyl (C=O) groups excluding carboxylic acids is 1. The second kappa shape index (κ2) is 9.14. The summed E-state index contributed by atoms with van der Waals surface area (Å²) in [7, 11) is 1.67. The average molecular weight is 423 g/mol. The lowest BCUT2D eigenvalue weighted by Crippen LogP contribution is -2.36. The van der Waals surface area contributed by atoms with Crippen molar-refractivity contribution >= 4 is 29.1 Å². The molecule has 2 aromatic carbocycles. The van der Waals surface area contributed by atoms with Crippen molar-refractivity contribution in [2.75, 3.05) is 38.1 Å². The molecule has 2 heterocycles. The van der Waals surface area contributed by atoms with Gasteiger partial charge in [-0.25, -0.2) is 0 Å². The van der Waals surface area contributed by atoms with Crippen molar-refractivity contribution in [1.82, 2.24) is 15.1 Å². The first-order valence-electron chi connectivity index (χ1n) is 10.7. The van der Waals surface area contributed by atoms with E-state index in [1.54, 1.807) is 7.05 Å². The van der Waals surface area contributed by atoms with Crippen LogP contribution in [0.3, 0.4) is 0 Å². The fourth-order valence-electron chi connectivity index (χ4n) is 4.17. The zero-order valence-corrected chi connectivity index (χ0v) is 18.8. The zero-order chi connectivity index (χ0) is 21.1. The van der Waals surface area contributed by atoms with E-state index in [1.807, 2.05) is 30.0 Å². The number of anilines is 1. The molecule has 5 nitrogen and oxygen atoms in total. The standard InChI is InChI=1S/C24H30N4OS/c1-4-26(5-2)14-9-15-27-21(18-10-8-11-19(16-18)23(29)25-3)17-28-20-12-6-7-13-22(20)30-24(27)28/h6-8,10-13,16-17,24H,4-5,9,14-15H2,1-3H3,(H,25,29). The number of benzene rings is 2. The molecule has 1 unspecified atom stereocenters. The number of amides is 1. The summed E-state index contributed by atoms with van der Waals surface area (Å²) in [4.78, 5) is 20.8. The number of hydrogen-bond donors (Lipinski definition) is 1. The Morgan fingerprint density at radius 2 is 1.93 bits per heavy atom. The molecule has 6 heteroatoms. The molecular formula is C24H30N4OS. The van der Waals surface area contributed by atoms with Crippen LogP contribution in [0, 0.1) is 0 Å². The average Bonchev–Trinajstić information content (AvgIpc) is 3.33. The first-order valence-corrected chi connectivity index (χ1v) is 11.6. The highest BCUT2D eigenvalue weighted by molar-refractivity contribution is 8.00. The van der Waals surface area contributed by atoms with E-state index in [2.05, 4.69) is 70.4 Å². The number of para-hydroxylation sites is 1. The Balaban J connectivity index is 1.63. The maximum atomic E-state index is 12.2. The highest BCUT2D eigenvalue weighted by atomic mass is 32.2. The molecule has 0 saturated carbocycles. The molecule has 1 N–H and O–H groups in total. The number of carbonyl (C=O) groups is 1. The van der Waals surface area contributed by atoms with Gasteiger partial charge in [-0.05, 0) is 50.3 Å². The number of nitrogens with zero attached hydrogens (tertiary/aromatic N) is 3. The van der Waals surface area contributed by atoms with Crippen LogP contribution in [0.5, 0.6) is 0 Å². The summed E-state index contributed by atoms with van der Waals surface area (Å²) in [6.45, 7) is 8.70. The SMILES string of the molecule is CCN(CC)CCCN1C(c2cccc(C(=O)NC)c2)=CN2c3ccccc3SC12. The van der Waals surface area contributed by atoms with Gasteiger partial charge < -0.3 is 20.0 Å².